The van der Waals surface area contributed by atoms with E-state index in [1.54, 1.807) is 27.9 Å². The van der Waals surface area contributed by atoms with Crippen LogP contribution in [0.25, 0.3) is 0 Å². The molecule has 0 aliphatic carbocycles. The molecule has 0 aliphatic rings. The molecule has 0 radical (unpaired) electrons. The summed E-state index contributed by atoms with van der Waals surface area (Å²) >= 11 is 4.57. The molecule has 0 bridgehead atoms. The lowest BCUT2D eigenvalue weighted by molar-refractivity contribution is -0.155. The maximum atomic E-state index is 13.2. The Labute approximate surface area is 197 Å². The molecular formula is C24H38N2O5S. The molecule has 32 heavy (non-hydrogen) atoms. The fraction of sp³-hybridized carbons (Fsp3) is 0.625. The summed E-state index contributed by atoms with van der Waals surface area (Å²) in [5.74, 6) is -0.621. The number of amides is 2. The summed E-state index contributed by atoms with van der Waals surface area (Å²) < 4.78 is 10.6. The van der Waals surface area contributed by atoms with Crippen molar-refractivity contribution in [3.05, 3.63) is 29.8 Å². The van der Waals surface area contributed by atoms with Crippen molar-refractivity contribution in [3.63, 3.8) is 0 Å². The van der Waals surface area contributed by atoms with Crippen LogP contribution in [-0.2, 0) is 25.5 Å². The monoisotopic (exact) mass is 466 g/mol. The molecule has 3 atom stereocenters. The molecule has 2 N–H and O–H groups in total. The topological polar surface area (TPSA) is 93.7 Å². The minimum absolute atomic E-state index is 0.00824. The Morgan fingerprint density at radius 2 is 1.66 bits per heavy atom. The summed E-state index contributed by atoms with van der Waals surface area (Å²) in [6, 6.07) is 6.58. The third-order valence-corrected chi connectivity index (χ3v) is 5.34. The van der Waals surface area contributed by atoms with Gasteiger partial charge in [0.1, 0.15) is 17.4 Å². The first-order chi connectivity index (χ1) is 14.9. The highest BCUT2D eigenvalue weighted by molar-refractivity contribution is 7.81. The summed E-state index contributed by atoms with van der Waals surface area (Å²) in [6.07, 6.45) is 0.868. The van der Waals surface area contributed by atoms with Gasteiger partial charge < -0.3 is 20.1 Å². The van der Waals surface area contributed by atoms with E-state index < -0.39 is 28.8 Å². The van der Waals surface area contributed by atoms with Gasteiger partial charge in [-0.2, -0.15) is 12.6 Å². The fourth-order valence-corrected chi connectivity index (χ4v) is 3.71. The largest absolute Gasteiger partial charge is 0.497 e. The van der Waals surface area contributed by atoms with E-state index in [4.69, 9.17) is 9.47 Å². The predicted molar refractivity (Wildman–Crippen MR) is 129 cm³/mol. The van der Waals surface area contributed by atoms with Gasteiger partial charge in [0.2, 0.25) is 11.8 Å². The SMILES string of the molecule is CNC(=O)[C@H](Cc1ccc(OC)cc1)NC(=O)C(CC(C)C)C(S)CC(=O)OC(C)(C)C. The molecule has 7 nitrogen and oxygen atoms in total. The molecule has 1 aromatic carbocycles. The third-order valence-electron chi connectivity index (χ3n) is 4.80. The number of esters is 1. The Kier molecular flexibility index (Phi) is 11.1. The summed E-state index contributed by atoms with van der Waals surface area (Å²) in [4.78, 5) is 38.0. The number of thiol groups is 1. The number of carbonyl (C=O) groups excluding carboxylic acids is 3. The standard InChI is InChI=1S/C24H38N2O5S/c1-15(2)12-18(20(32)14-21(27)31-24(3,4)5)22(28)26-19(23(29)25-6)13-16-8-10-17(30-7)11-9-16/h8-11,15,18-20,32H,12-14H2,1-7H3,(H,25,29)(H,26,28)/t18?,19-,20?/m0/s1. The molecule has 180 valence electrons. The van der Waals surface area contributed by atoms with Crippen LogP contribution in [0.3, 0.4) is 0 Å². The Morgan fingerprint density at radius 1 is 1.06 bits per heavy atom. The van der Waals surface area contributed by atoms with E-state index in [1.807, 2.05) is 38.1 Å². The zero-order chi connectivity index (χ0) is 24.5. The van der Waals surface area contributed by atoms with Crippen LogP contribution in [0.15, 0.2) is 24.3 Å². The average Bonchev–Trinajstić information content (AvgIpc) is 2.69. The summed E-state index contributed by atoms with van der Waals surface area (Å²) in [5, 5.41) is 4.95. The van der Waals surface area contributed by atoms with E-state index in [9.17, 15) is 14.4 Å². The Morgan fingerprint density at radius 3 is 2.12 bits per heavy atom. The Balaban J connectivity index is 2.96. The van der Waals surface area contributed by atoms with Gasteiger partial charge in [-0.15, -0.1) is 0 Å². The number of likely N-dealkylation sites (N-methyl/N-ethyl adjacent to an activating group) is 1. The minimum atomic E-state index is -0.752. The van der Waals surface area contributed by atoms with Crippen molar-refractivity contribution < 1.29 is 23.9 Å². The maximum absolute atomic E-state index is 13.2. The summed E-state index contributed by atoms with van der Waals surface area (Å²) in [5.41, 5.74) is 0.277. The van der Waals surface area contributed by atoms with Gasteiger partial charge in [-0.25, -0.2) is 0 Å². The summed E-state index contributed by atoms with van der Waals surface area (Å²) in [6.45, 7) is 9.39. The van der Waals surface area contributed by atoms with E-state index in [2.05, 4.69) is 23.3 Å². The van der Waals surface area contributed by atoms with E-state index in [1.165, 1.54) is 7.05 Å². The zero-order valence-corrected chi connectivity index (χ0v) is 21.1. The van der Waals surface area contributed by atoms with E-state index in [0.29, 0.717) is 18.6 Å². The molecule has 1 aromatic rings. The molecule has 0 aliphatic heterocycles. The van der Waals surface area contributed by atoms with Crippen LogP contribution in [0, 0.1) is 11.8 Å². The number of hydrogen-bond acceptors (Lipinski definition) is 6. The van der Waals surface area contributed by atoms with Crippen molar-refractivity contribution >= 4 is 30.4 Å². The minimum Gasteiger partial charge on any atom is -0.497 e. The molecule has 0 saturated carbocycles. The first-order valence-electron chi connectivity index (χ1n) is 10.9. The molecule has 0 heterocycles. The summed E-state index contributed by atoms with van der Waals surface area (Å²) in [7, 11) is 3.12. The number of rotatable bonds is 11. The molecular weight excluding hydrogens is 428 g/mol. The number of carbonyl (C=O) groups is 3. The zero-order valence-electron chi connectivity index (χ0n) is 20.2. The van der Waals surface area contributed by atoms with Crippen LogP contribution in [0.5, 0.6) is 5.75 Å². The molecule has 0 saturated heterocycles. The molecule has 0 spiro atoms. The fourth-order valence-electron chi connectivity index (χ4n) is 3.30. The molecule has 1 rings (SSSR count). The van der Waals surface area contributed by atoms with Gasteiger partial charge in [0.05, 0.1) is 19.4 Å². The Hall–Kier alpha value is -2.22. The van der Waals surface area contributed by atoms with Crippen molar-refractivity contribution in [2.24, 2.45) is 11.8 Å². The second-order valence-corrected chi connectivity index (χ2v) is 9.98. The molecule has 8 heteroatoms. The molecule has 2 amide bonds. The van der Waals surface area contributed by atoms with Gasteiger partial charge in [-0.05, 0) is 50.8 Å². The van der Waals surface area contributed by atoms with E-state index in [-0.39, 0.29) is 24.2 Å². The molecule has 2 unspecified atom stereocenters. The van der Waals surface area contributed by atoms with Crippen LogP contribution < -0.4 is 15.4 Å². The van der Waals surface area contributed by atoms with Gasteiger partial charge in [0, 0.05) is 18.7 Å². The van der Waals surface area contributed by atoms with E-state index in [0.717, 1.165) is 5.56 Å². The van der Waals surface area contributed by atoms with Gasteiger partial charge in [0.15, 0.2) is 0 Å². The van der Waals surface area contributed by atoms with Gasteiger partial charge in [-0.1, -0.05) is 26.0 Å². The van der Waals surface area contributed by atoms with Crippen LogP contribution in [0.1, 0.15) is 53.0 Å². The number of nitrogens with one attached hydrogen (secondary N) is 2. The van der Waals surface area contributed by atoms with Crippen molar-refractivity contribution in [2.75, 3.05) is 14.2 Å². The van der Waals surface area contributed by atoms with Gasteiger partial charge in [0.25, 0.3) is 0 Å². The molecule has 0 fully saturated rings. The highest BCUT2D eigenvalue weighted by Gasteiger charge is 2.32. The highest BCUT2D eigenvalue weighted by Crippen LogP contribution is 2.24. The van der Waals surface area contributed by atoms with Crippen molar-refractivity contribution in [1.82, 2.24) is 10.6 Å². The highest BCUT2D eigenvalue weighted by atomic mass is 32.1. The maximum Gasteiger partial charge on any atom is 0.307 e. The normalized spacial score (nSPS) is 14.3. The number of hydrogen-bond donors (Lipinski definition) is 3. The van der Waals surface area contributed by atoms with Gasteiger partial charge >= 0.3 is 5.97 Å². The number of ether oxygens (including phenoxy) is 2. The second-order valence-electron chi connectivity index (χ2n) is 9.32. The lowest BCUT2D eigenvalue weighted by Gasteiger charge is -2.27. The van der Waals surface area contributed by atoms with Crippen LogP contribution in [0.4, 0.5) is 0 Å². The van der Waals surface area contributed by atoms with Crippen molar-refractivity contribution in [1.29, 1.82) is 0 Å². The smallest absolute Gasteiger partial charge is 0.307 e. The van der Waals surface area contributed by atoms with Crippen LogP contribution in [-0.4, -0.2) is 48.8 Å². The Bertz CT molecular complexity index is 759. The quantitative estimate of drug-likeness (QED) is 0.344. The first-order valence-corrected chi connectivity index (χ1v) is 11.4. The van der Waals surface area contributed by atoms with Crippen LogP contribution in [0.2, 0.25) is 0 Å². The van der Waals surface area contributed by atoms with Crippen molar-refractivity contribution in [3.8, 4) is 5.75 Å². The van der Waals surface area contributed by atoms with Crippen molar-refractivity contribution in [2.45, 2.75) is 70.8 Å². The lowest BCUT2D eigenvalue weighted by Crippen LogP contribution is -2.50. The first kappa shape index (κ1) is 27.8. The second kappa shape index (κ2) is 12.7. The third kappa shape index (κ3) is 9.94. The van der Waals surface area contributed by atoms with Gasteiger partial charge in [-0.3, -0.25) is 14.4 Å². The predicted octanol–water partition coefficient (Wildman–Crippen LogP) is 3.16. The van der Waals surface area contributed by atoms with E-state index >= 15 is 0 Å². The molecule has 0 aromatic heterocycles. The number of methoxy groups -OCH3 is 1. The lowest BCUT2D eigenvalue weighted by atomic mass is 9.91. The average molecular weight is 467 g/mol. The number of benzene rings is 1. The van der Waals surface area contributed by atoms with Crippen LogP contribution >= 0.6 is 12.6 Å².